The van der Waals surface area contributed by atoms with Crippen molar-refractivity contribution in [2.24, 2.45) is 10.9 Å². The SMILES string of the molecule is CCOC(=O)C1=C(CN2CC(F)(F)C3C2CCN3C2CCC(C(=O)O)CC2)NC(c2nccs2)=NC1c1cccc(F)c1C. The van der Waals surface area contributed by atoms with Crippen LogP contribution in [0.3, 0.4) is 0 Å². The third-order valence-corrected chi connectivity index (χ3v) is 10.2. The van der Waals surface area contributed by atoms with Crippen molar-refractivity contribution in [1.82, 2.24) is 20.1 Å². The first-order valence-corrected chi connectivity index (χ1v) is 16.0. The maximum atomic E-state index is 15.9. The minimum Gasteiger partial charge on any atom is -0.481 e. The normalized spacial score (nSPS) is 28.8. The summed E-state index contributed by atoms with van der Waals surface area (Å²) in [5.41, 5.74) is 1.36. The van der Waals surface area contributed by atoms with E-state index in [1.54, 1.807) is 42.5 Å². The quantitative estimate of drug-likeness (QED) is 0.410. The molecule has 2 N–H and O–H groups in total. The number of rotatable bonds is 8. The molecule has 1 aromatic carbocycles. The van der Waals surface area contributed by atoms with Crippen LogP contribution in [0.4, 0.5) is 13.2 Å². The first-order valence-electron chi connectivity index (χ1n) is 15.1. The lowest BCUT2D eigenvalue weighted by atomic mass is 9.85. The number of nitrogens with one attached hydrogen (secondary N) is 1. The Balaban J connectivity index is 1.34. The molecule has 1 aliphatic carbocycles. The van der Waals surface area contributed by atoms with E-state index in [0.29, 0.717) is 66.3 Å². The molecule has 3 atom stereocenters. The van der Waals surface area contributed by atoms with Crippen LogP contribution >= 0.6 is 11.3 Å². The van der Waals surface area contributed by atoms with Crippen molar-refractivity contribution in [2.75, 3.05) is 26.2 Å². The molecule has 3 aliphatic heterocycles. The largest absolute Gasteiger partial charge is 0.481 e. The Kier molecular flexibility index (Phi) is 8.55. The van der Waals surface area contributed by atoms with Crippen molar-refractivity contribution in [3.05, 3.63) is 63.0 Å². The Morgan fingerprint density at radius 3 is 2.66 bits per heavy atom. The molecule has 2 saturated heterocycles. The number of aromatic nitrogens is 1. The van der Waals surface area contributed by atoms with Crippen LogP contribution in [0.1, 0.15) is 61.2 Å². The lowest BCUT2D eigenvalue weighted by Crippen LogP contribution is -2.50. The number of aliphatic carboxylic acids is 1. The van der Waals surface area contributed by atoms with Gasteiger partial charge in [-0.3, -0.25) is 19.6 Å². The van der Waals surface area contributed by atoms with E-state index >= 15 is 8.78 Å². The summed E-state index contributed by atoms with van der Waals surface area (Å²) in [6, 6.07) is 2.13. The van der Waals surface area contributed by atoms with Gasteiger partial charge in [0, 0.05) is 42.4 Å². The molecular formula is C31H36F3N5O4S. The topological polar surface area (TPSA) is 107 Å². The van der Waals surface area contributed by atoms with E-state index in [1.165, 1.54) is 17.4 Å². The number of aliphatic imine (C=N–C) groups is 1. The first kappa shape index (κ1) is 30.7. The van der Waals surface area contributed by atoms with Crippen LogP contribution < -0.4 is 5.32 Å². The van der Waals surface area contributed by atoms with Crippen LogP contribution in [0.25, 0.3) is 0 Å². The number of carboxylic acid groups (broad SMARTS) is 1. The lowest BCUT2D eigenvalue weighted by molar-refractivity contribution is -0.143. The highest BCUT2D eigenvalue weighted by Crippen LogP contribution is 2.45. The maximum absolute atomic E-state index is 15.9. The molecule has 9 nitrogen and oxygen atoms in total. The van der Waals surface area contributed by atoms with E-state index in [-0.39, 0.29) is 24.8 Å². The van der Waals surface area contributed by atoms with Crippen molar-refractivity contribution in [1.29, 1.82) is 0 Å². The van der Waals surface area contributed by atoms with E-state index in [4.69, 9.17) is 9.73 Å². The van der Waals surface area contributed by atoms with Gasteiger partial charge in [0.25, 0.3) is 5.92 Å². The Morgan fingerprint density at radius 1 is 1.20 bits per heavy atom. The Morgan fingerprint density at radius 2 is 1.98 bits per heavy atom. The zero-order valence-corrected chi connectivity index (χ0v) is 25.5. The third-order valence-electron chi connectivity index (χ3n) is 9.46. The van der Waals surface area contributed by atoms with Gasteiger partial charge in [-0.1, -0.05) is 12.1 Å². The maximum Gasteiger partial charge on any atom is 0.338 e. The Hall–Kier alpha value is -3.29. The summed E-state index contributed by atoms with van der Waals surface area (Å²) >= 11 is 1.34. The van der Waals surface area contributed by atoms with Crippen LogP contribution in [-0.2, 0) is 14.3 Å². The van der Waals surface area contributed by atoms with E-state index in [0.717, 1.165) is 0 Å². The average Bonchev–Trinajstić information content (AvgIpc) is 3.74. The third kappa shape index (κ3) is 5.65. The smallest absolute Gasteiger partial charge is 0.338 e. The summed E-state index contributed by atoms with van der Waals surface area (Å²) < 4.78 is 51.9. The number of amidine groups is 1. The van der Waals surface area contributed by atoms with Crippen molar-refractivity contribution in [2.45, 2.75) is 76.0 Å². The van der Waals surface area contributed by atoms with Crippen LogP contribution in [0, 0.1) is 18.7 Å². The van der Waals surface area contributed by atoms with Crippen molar-refractivity contribution < 1.29 is 32.6 Å². The van der Waals surface area contributed by atoms with Crippen LogP contribution in [0.2, 0.25) is 0 Å². The molecule has 13 heteroatoms. The average molecular weight is 632 g/mol. The predicted octanol–water partition coefficient (Wildman–Crippen LogP) is 4.54. The zero-order chi connectivity index (χ0) is 31.2. The number of hydrogen-bond donors (Lipinski definition) is 2. The minimum atomic E-state index is -3.01. The number of halogens is 3. The van der Waals surface area contributed by atoms with Crippen molar-refractivity contribution in [3.63, 3.8) is 0 Å². The van der Waals surface area contributed by atoms with Gasteiger partial charge in [0.1, 0.15) is 11.9 Å². The van der Waals surface area contributed by atoms with Crippen LogP contribution in [0.15, 0.2) is 46.0 Å². The number of carboxylic acids is 1. The summed E-state index contributed by atoms with van der Waals surface area (Å²) in [5, 5.41) is 15.0. The van der Waals surface area contributed by atoms with Crippen molar-refractivity contribution >= 4 is 29.1 Å². The number of likely N-dealkylation sites (tertiary alicyclic amines) is 2. The molecule has 1 aromatic heterocycles. The predicted molar refractivity (Wildman–Crippen MR) is 158 cm³/mol. The molecule has 0 amide bonds. The van der Waals surface area contributed by atoms with Gasteiger partial charge >= 0.3 is 11.9 Å². The van der Waals surface area contributed by atoms with Gasteiger partial charge in [0.05, 0.1) is 30.7 Å². The molecular weight excluding hydrogens is 595 g/mol. The molecule has 44 heavy (non-hydrogen) atoms. The van der Waals surface area contributed by atoms with Crippen LogP contribution in [0.5, 0.6) is 0 Å². The van der Waals surface area contributed by atoms with Gasteiger partial charge in [-0.15, -0.1) is 11.3 Å². The van der Waals surface area contributed by atoms with Gasteiger partial charge < -0.3 is 15.2 Å². The molecule has 4 aliphatic rings. The monoisotopic (exact) mass is 631 g/mol. The van der Waals surface area contributed by atoms with E-state index in [9.17, 15) is 19.1 Å². The standard InChI is InChI=1S/C31H36F3N5O4S/c1-3-43-30(42)24-22(36-27(28-35-12-14-44-28)37-25(24)20-5-4-6-21(32)17(20)2)15-38-16-31(33,34)26-23(38)11-13-39(26)19-9-7-18(8-10-19)29(40)41/h4-6,12,14,18-19,23,25-26H,3,7-11,13,15-16H2,1-2H3,(H,36,37)(H,40,41). The number of esters is 1. The highest BCUT2D eigenvalue weighted by molar-refractivity contribution is 7.11. The molecule has 1 saturated carbocycles. The Bertz CT molecular complexity index is 1470. The summed E-state index contributed by atoms with van der Waals surface area (Å²) in [6.07, 6.45) is 4.29. The number of alkyl halides is 2. The minimum absolute atomic E-state index is 0.0136. The second-order valence-electron chi connectivity index (χ2n) is 12.0. The molecule has 0 radical (unpaired) electrons. The van der Waals surface area contributed by atoms with Gasteiger partial charge in [-0.05, 0) is 63.1 Å². The molecule has 6 rings (SSSR count). The fourth-order valence-electron chi connectivity index (χ4n) is 7.39. The van der Waals surface area contributed by atoms with E-state index in [2.05, 4.69) is 10.3 Å². The molecule has 236 valence electrons. The second kappa shape index (κ2) is 12.2. The van der Waals surface area contributed by atoms with Crippen molar-refractivity contribution in [3.8, 4) is 0 Å². The molecule has 2 aromatic rings. The van der Waals surface area contributed by atoms with E-state index in [1.807, 2.05) is 4.90 Å². The number of ether oxygens (including phenoxy) is 1. The number of hydrogen-bond acceptors (Lipinski definition) is 9. The number of carbonyl (C=O) groups excluding carboxylic acids is 1. The summed E-state index contributed by atoms with van der Waals surface area (Å²) in [7, 11) is 0. The summed E-state index contributed by atoms with van der Waals surface area (Å²) in [4.78, 5) is 37.8. The summed E-state index contributed by atoms with van der Waals surface area (Å²) in [6.45, 7) is 3.43. The highest BCUT2D eigenvalue weighted by Gasteiger charge is 2.60. The van der Waals surface area contributed by atoms with Gasteiger partial charge in [0.15, 0.2) is 10.8 Å². The summed E-state index contributed by atoms with van der Waals surface area (Å²) in [5.74, 6) is -4.95. The number of benzene rings is 1. The van der Waals surface area contributed by atoms with Crippen LogP contribution in [-0.4, -0.2) is 88.0 Å². The van der Waals surface area contributed by atoms with Gasteiger partial charge in [-0.2, -0.15) is 0 Å². The number of nitrogens with zero attached hydrogens (tertiary/aromatic N) is 4. The fraction of sp³-hybridized carbons (Fsp3) is 0.548. The number of fused-ring (bicyclic) bond motifs is 1. The molecule has 4 heterocycles. The number of thiazole rings is 1. The molecule has 3 fully saturated rings. The zero-order valence-electron chi connectivity index (χ0n) is 24.6. The molecule has 3 unspecified atom stereocenters. The van der Waals surface area contributed by atoms with Gasteiger partial charge in [0.2, 0.25) is 0 Å². The fourth-order valence-corrected chi connectivity index (χ4v) is 7.98. The highest BCUT2D eigenvalue weighted by atomic mass is 32.1. The second-order valence-corrected chi connectivity index (χ2v) is 12.9. The molecule has 0 bridgehead atoms. The van der Waals surface area contributed by atoms with E-state index < -0.39 is 54.3 Å². The lowest BCUT2D eigenvalue weighted by Gasteiger charge is -2.38. The first-order chi connectivity index (χ1) is 21.1. The Labute approximate surface area is 257 Å². The number of carbonyl (C=O) groups is 2. The molecule has 0 spiro atoms. The van der Waals surface area contributed by atoms with Gasteiger partial charge in [-0.25, -0.2) is 22.9 Å².